The SMILES string of the molecule is C=IC(F)(F)c1ccc(-c2nsc(CN3CCc4ccc(OC(C)(C)C(=O)O)cc4CC3)n2)cc1. The van der Waals surface area contributed by atoms with Gasteiger partial charge in [0.1, 0.15) is 10.8 Å². The van der Waals surface area contributed by atoms with E-state index >= 15 is 0 Å². The highest BCUT2D eigenvalue weighted by Gasteiger charge is 2.30. The molecule has 0 atom stereocenters. The first kappa shape index (κ1) is 25.8. The minimum absolute atomic E-state index is 0.0104. The minimum atomic E-state index is -2.83. The number of hydrogen-bond donors (Lipinski definition) is 1. The fourth-order valence-electron chi connectivity index (χ4n) is 3.82. The van der Waals surface area contributed by atoms with Crippen LogP contribution in [-0.4, -0.2) is 48.5 Å². The molecule has 0 aliphatic carbocycles. The van der Waals surface area contributed by atoms with Gasteiger partial charge in [-0.2, -0.15) is 13.2 Å². The summed E-state index contributed by atoms with van der Waals surface area (Å²) in [7, 11) is 0. The highest BCUT2D eigenvalue weighted by atomic mass is 127. The maximum atomic E-state index is 13.9. The molecule has 3 aromatic rings. The first-order valence-electron chi connectivity index (χ1n) is 11.0. The van der Waals surface area contributed by atoms with Crippen molar-refractivity contribution < 1.29 is 23.4 Å². The van der Waals surface area contributed by atoms with Crippen LogP contribution < -0.4 is 4.74 Å². The normalized spacial score (nSPS) is 14.9. The highest BCUT2D eigenvalue weighted by Crippen LogP contribution is 2.39. The number of aliphatic carboxylic acids is 1. The monoisotopic (exact) mass is 613 g/mol. The van der Waals surface area contributed by atoms with Gasteiger partial charge in [0.15, 0.2) is 11.4 Å². The second-order valence-corrected chi connectivity index (χ2v) is 11.8. The van der Waals surface area contributed by atoms with Gasteiger partial charge >= 0.3 is 9.90 Å². The third-order valence-corrected chi connectivity index (χ3v) is 8.20. The molecule has 1 aliphatic rings. The summed E-state index contributed by atoms with van der Waals surface area (Å²) in [6.45, 7) is 5.41. The van der Waals surface area contributed by atoms with Crippen LogP contribution in [0.2, 0.25) is 0 Å². The molecule has 0 radical (unpaired) electrons. The number of fused-ring (bicyclic) bond motifs is 1. The molecule has 10 heteroatoms. The first-order chi connectivity index (χ1) is 16.6. The molecule has 0 fully saturated rings. The molecule has 35 heavy (non-hydrogen) atoms. The number of alkyl halides is 3. The third kappa shape index (κ3) is 6.10. The van der Waals surface area contributed by atoms with E-state index in [2.05, 4.69) is 18.8 Å². The number of nitrogens with zero attached hydrogens (tertiary/aromatic N) is 3. The number of carbonyl (C=O) groups is 1. The molecule has 1 N–H and O–H groups in total. The van der Waals surface area contributed by atoms with Gasteiger partial charge < -0.3 is 9.84 Å². The van der Waals surface area contributed by atoms with Gasteiger partial charge in [-0.1, -0.05) is 34.8 Å². The molecule has 0 saturated heterocycles. The van der Waals surface area contributed by atoms with Crippen LogP contribution in [0.1, 0.15) is 35.5 Å². The number of carboxylic acid groups (broad SMARTS) is 1. The number of carboxylic acids is 1. The van der Waals surface area contributed by atoms with E-state index in [1.54, 1.807) is 12.1 Å². The molecule has 186 valence electrons. The predicted molar refractivity (Wildman–Crippen MR) is 142 cm³/mol. The zero-order valence-corrected chi connectivity index (χ0v) is 22.4. The third-order valence-electron chi connectivity index (χ3n) is 5.93. The predicted octanol–water partition coefficient (Wildman–Crippen LogP) is 5.50. The first-order valence-corrected chi connectivity index (χ1v) is 14.4. The van der Waals surface area contributed by atoms with E-state index in [1.807, 2.05) is 18.2 Å². The van der Waals surface area contributed by atoms with Gasteiger partial charge in [-0.3, -0.25) is 4.90 Å². The lowest BCUT2D eigenvalue weighted by Gasteiger charge is -2.22. The summed E-state index contributed by atoms with van der Waals surface area (Å²) < 4.78 is 38.4. The fraction of sp³-hybridized carbons (Fsp3) is 0.360. The molecule has 0 amide bonds. The Kier molecular flexibility index (Phi) is 7.62. The van der Waals surface area contributed by atoms with Crippen molar-refractivity contribution in [3.63, 3.8) is 0 Å². The second-order valence-electron chi connectivity index (χ2n) is 8.84. The van der Waals surface area contributed by atoms with E-state index in [0.717, 1.165) is 42.1 Å². The average Bonchev–Trinajstić information content (AvgIpc) is 3.20. The number of halogens is 3. The lowest BCUT2D eigenvalue weighted by molar-refractivity contribution is -0.152. The van der Waals surface area contributed by atoms with Crippen molar-refractivity contribution in [1.82, 2.24) is 14.3 Å². The van der Waals surface area contributed by atoms with Crippen LogP contribution in [0.25, 0.3) is 11.4 Å². The zero-order chi connectivity index (χ0) is 25.2. The van der Waals surface area contributed by atoms with Crippen molar-refractivity contribution in [2.75, 3.05) is 13.1 Å². The van der Waals surface area contributed by atoms with E-state index in [9.17, 15) is 18.7 Å². The quantitative estimate of drug-likeness (QED) is 0.267. The Morgan fingerprint density at radius 2 is 1.86 bits per heavy atom. The minimum Gasteiger partial charge on any atom is -0.478 e. The molecule has 2 heterocycles. The maximum Gasteiger partial charge on any atom is 0.347 e. The van der Waals surface area contributed by atoms with E-state index in [1.165, 1.54) is 43.1 Å². The van der Waals surface area contributed by atoms with Gasteiger partial charge in [-0.25, -0.2) is 9.78 Å². The van der Waals surface area contributed by atoms with E-state index < -0.39 is 36.2 Å². The van der Waals surface area contributed by atoms with Crippen molar-refractivity contribution in [3.05, 3.63) is 64.2 Å². The number of ether oxygens (including phenoxy) is 1. The number of hydrogen-bond acceptors (Lipinski definition) is 6. The summed E-state index contributed by atoms with van der Waals surface area (Å²) in [4.78, 5) is 18.3. The molecule has 0 spiro atoms. The number of aromatic nitrogens is 2. The standard InChI is InChI=1S/C25H26F2IN3O3S/c1-24(2,23(32)33)34-20-9-6-16-10-12-31(13-11-18(16)14-20)15-21-29-22(30-35-21)17-4-7-19(8-5-17)25(26,27)28-3/h4-9,14H,3,10-13,15H2,1-2H3,(H,32,33). The molecule has 6 nitrogen and oxygen atoms in total. The van der Waals surface area contributed by atoms with Crippen molar-refractivity contribution in [2.24, 2.45) is 0 Å². The van der Waals surface area contributed by atoms with E-state index in [-0.39, 0.29) is 5.56 Å². The van der Waals surface area contributed by atoms with Gasteiger partial charge in [0.25, 0.3) is 0 Å². The lowest BCUT2D eigenvalue weighted by atomic mass is 10.0. The Labute approximate surface area is 216 Å². The molecular formula is C25H26F2IN3O3S. The van der Waals surface area contributed by atoms with E-state index in [4.69, 9.17) is 4.74 Å². The summed E-state index contributed by atoms with van der Waals surface area (Å²) in [6, 6.07) is 11.9. The molecule has 4 rings (SSSR count). The summed E-state index contributed by atoms with van der Waals surface area (Å²) in [5.41, 5.74) is 1.80. The van der Waals surface area contributed by atoms with Crippen molar-refractivity contribution >= 4 is 42.7 Å². The van der Waals surface area contributed by atoms with Crippen molar-refractivity contribution in [1.29, 1.82) is 0 Å². The summed E-state index contributed by atoms with van der Waals surface area (Å²) in [5, 5.41) is 10.2. The number of benzene rings is 2. The molecule has 0 unspecified atom stereocenters. The Balaban J connectivity index is 1.40. The fourth-order valence-corrected chi connectivity index (χ4v) is 5.33. The molecule has 0 saturated carbocycles. The number of rotatable bonds is 8. The summed E-state index contributed by atoms with van der Waals surface area (Å²) in [5.74, 6) is 0.0906. The largest absolute Gasteiger partial charge is 0.478 e. The van der Waals surface area contributed by atoms with Crippen LogP contribution in [0, 0.1) is 0 Å². The second kappa shape index (κ2) is 10.4. The van der Waals surface area contributed by atoms with Crippen LogP contribution in [-0.2, 0) is 28.1 Å². The highest BCUT2D eigenvalue weighted by molar-refractivity contribution is 14.2. The van der Waals surface area contributed by atoms with Crippen LogP contribution in [0.3, 0.4) is 0 Å². The van der Waals surface area contributed by atoms with Gasteiger partial charge in [0, 0.05) is 24.2 Å². The molecule has 1 aliphatic heterocycles. The van der Waals surface area contributed by atoms with Gasteiger partial charge in [-0.15, -0.1) is 0 Å². The van der Waals surface area contributed by atoms with Crippen molar-refractivity contribution in [3.8, 4) is 17.1 Å². The smallest absolute Gasteiger partial charge is 0.347 e. The Morgan fingerprint density at radius 1 is 1.17 bits per heavy atom. The van der Waals surface area contributed by atoms with Gasteiger partial charge in [-0.05, 0) is 82.2 Å². The van der Waals surface area contributed by atoms with Crippen molar-refractivity contribution in [2.45, 2.75) is 42.8 Å². The summed E-state index contributed by atoms with van der Waals surface area (Å²) >= 11 is -0.146. The lowest BCUT2D eigenvalue weighted by Crippen LogP contribution is -2.37. The van der Waals surface area contributed by atoms with E-state index in [0.29, 0.717) is 18.1 Å². The molecular weight excluding hydrogens is 587 g/mol. The Hall–Kier alpha value is -2.31. The average molecular weight is 613 g/mol. The molecule has 1 aromatic heterocycles. The maximum absolute atomic E-state index is 13.9. The Morgan fingerprint density at radius 3 is 2.51 bits per heavy atom. The zero-order valence-electron chi connectivity index (χ0n) is 19.4. The van der Waals surface area contributed by atoms with Crippen LogP contribution in [0.5, 0.6) is 5.75 Å². The Bertz CT molecular complexity index is 1230. The van der Waals surface area contributed by atoms with Crippen LogP contribution in [0.15, 0.2) is 42.5 Å². The topological polar surface area (TPSA) is 75.6 Å². The molecule has 0 bridgehead atoms. The van der Waals surface area contributed by atoms with Gasteiger partial charge in [0.2, 0.25) is 0 Å². The molecule has 2 aromatic carbocycles. The van der Waals surface area contributed by atoms with Crippen LogP contribution >= 0.6 is 32.3 Å². The summed E-state index contributed by atoms with van der Waals surface area (Å²) in [6.07, 6.45) is 1.68. The van der Waals surface area contributed by atoms with Crippen LogP contribution in [0.4, 0.5) is 8.78 Å². The van der Waals surface area contributed by atoms with Gasteiger partial charge in [0.05, 0.1) is 6.54 Å².